The molecule has 0 aliphatic rings. The van der Waals surface area contributed by atoms with Gasteiger partial charge in [0.05, 0.1) is 19.8 Å². The molecular weight excluding hydrogens is 246 g/mol. The first-order chi connectivity index (χ1) is 4.85. The minimum Gasteiger partial charge on any atom is -0.412 e. The van der Waals surface area contributed by atoms with Gasteiger partial charge in [0.15, 0.2) is 0 Å². The summed E-state index contributed by atoms with van der Waals surface area (Å²) in [6.07, 6.45) is 0. The maximum atomic E-state index is 8.48. The maximum Gasteiger partial charge on any atom is 0.0558 e. The van der Waals surface area contributed by atoms with Crippen molar-refractivity contribution < 1.29 is 58.9 Å². The molecule has 0 aromatic heterocycles. The molecule has 0 spiro atoms. The second-order valence-corrected chi connectivity index (χ2v) is 2.01. The first-order valence-electron chi connectivity index (χ1n) is 3.40. The van der Waals surface area contributed by atoms with Crippen LogP contribution in [-0.2, 0) is 21.7 Å². The molecule has 98 valence electrons. The van der Waals surface area contributed by atoms with Gasteiger partial charge in [-0.2, -0.15) is 0 Å². The molecule has 11 N–H and O–H groups in total. The van der Waals surface area contributed by atoms with E-state index in [1.165, 1.54) is 0 Å². The van der Waals surface area contributed by atoms with Crippen LogP contribution in [0.2, 0.25) is 0 Å². The van der Waals surface area contributed by atoms with Gasteiger partial charge in [-0.3, -0.25) is 4.90 Å². The molecule has 0 unspecified atom stereocenters. The number of hydrogen-bond donors (Lipinski definition) is 3. The van der Waals surface area contributed by atoms with Crippen molar-refractivity contribution in [1.82, 2.24) is 4.90 Å². The fourth-order valence-electron chi connectivity index (χ4n) is 0.760. The predicted molar refractivity (Wildman–Crippen MR) is 52.2 cm³/mol. The van der Waals surface area contributed by atoms with Crippen molar-refractivity contribution in [2.45, 2.75) is 0 Å². The zero-order valence-electron chi connectivity index (χ0n) is 8.53. The van der Waals surface area contributed by atoms with E-state index >= 15 is 0 Å². The largest absolute Gasteiger partial charge is 0.412 e. The number of nitrogens with zero attached hydrogens (tertiary/aromatic N) is 1. The molecule has 0 atom stereocenters. The Morgan fingerprint density at radius 2 is 0.800 bits per heavy atom. The molecule has 0 aromatic carbocycles. The third-order valence-corrected chi connectivity index (χ3v) is 1.25. The van der Waals surface area contributed by atoms with Crippen molar-refractivity contribution in [3.63, 3.8) is 0 Å². The van der Waals surface area contributed by atoms with E-state index < -0.39 is 0 Å². The third-order valence-electron chi connectivity index (χ3n) is 1.25. The number of rotatable bonds is 6. The maximum absolute atomic E-state index is 8.48. The van der Waals surface area contributed by atoms with Crippen LogP contribution in [0.4, 0.5) is 0 Å². The van der Waals surface area contributed by atoms with Gasteiger partial charge in [-0.1, -0.05) is 0 Å². The molecule has 0 aromatic rings. The van der Waals surface area contributed by atoms with Gasteiger partial charge in [0, 0.05) is 41.4 Å². The van der Waals surface area contributed by atoms with Gasteiger partial charge < -0.3 is 37.2 Å². The zero-order chi connectivity index (χ0) is 7.82. The number of hydrogen-bond acceptors (Lipinski definition) is 4. The van der Waals surface area contributed by atoms with Gasteiger partial charge in [0.2, 0.25) is 0 Å². The minimum atomic E-state index is 0. The van der Waals surface area contributed by atoms with E-state index in [1.807, 2.05) is 0 Å². The van der Waals surface area contributed by atoms with E-state index in [9.17, 15) is 0 Å². The second kappa shape index (κ2) is 29.3. The number of aliphatic hydroxyl groups excluding tert-OH is 3. The normalized spacial score (nSPS) is 7.20. The van der Waals surface area contributed by atoms with Gasteiger partial charge in [0.1, 0.15) is 0 Å². The molecule has 0 fully saturated rings. The molecule has 0 aliphatic heterocycles. The van der Waals surface area contributed by atoms with Crippen molar-refractivity contribution in [1.29, 1.82) is 0 Å². The molecule has 0 heterocycles. The molecule has 9 heteroatoms. The van der Waals surface area contributed by atoms with Crippen LogP contribution in [0.25, 0.3) is 0 Å². The standard InChI is InChI=1S/C6H15NO3.4H2O.Ti/c8-4-1-7(2-5-9)3-6-10;;;;;/h8-10H,1-6H2;4*1H2;. The molecule has 0 rings (SSSR count). The summed E-state index contributed by atoms with van der Waals surface area (Å²) in [6, 6.07) is 0. The van der Waals surface area contributed by atoms with Gasteiger partial charge in [-0.25, -0.2) is 0 Å². The van der Waals surface area contributed by atoms with Crippen molar-refractivity contribution in [2.24, 2.45) is 0 Å². The average Bonchev–Trinajstić information content (AvgIpc) is 1.90. The summed E-state index contributed by atoms with van der Waals surface area (Å²) in [5, 5.41) is 25.5. The molecule has 0 saturated heterocycles. The van der Waals surface area contributed by atoms with Gasteiger partial charge >= 0.3 is 0 Å². The Morgan fingerprint density at radius 3 is 0.933 bits per heavy atom. The van der Waals surface area contributed by atoms with Crippen molar-refractivity contribution in [3.05, 3.63) is 0 Å². The fourth-order valence-corrected chi connectivity index (χ4v) is 0.760. The zero-order valence-corrected chi connectivity index (χ0v) is 10.1. The van der Waals surface area contributed by atoms with Crippen LogP contribution >= 0.6 is 0 Å². The average molecular weight is 269 g/mol. The molecule has 15 heavy (non-hydrogen) atoms. The molecule has 0 saturated carbocycles. The van der Waals surface area contributed by atoms with Crippen LogP contribution in [0.5, 0.6) is 0 Å². The SMILES string of the molecule is O.O.O.O.OCCN(CCO)CCO.[Ti]. The summed E-state index contributed by atoms with van der Waals surface area (Å²) in [5.41, 5.74) is 0. The van der Waals surface area contributed by atoms with E-state index in [0.717, 1.165) is 0 Å². The van der Waals surface area contributed by atoms with Gasteiger partial charge in [-0.05, 0) is 0 Å². The monoisotopic (exact) mass is 269 g/mol. The first-order valence-corrected chi connectivity index (χ1v) is 3.40. The van der Waals surface area contributed by atoms with E-state index in [4.69, 9.17) is 15.3 Å². The fraction of sp³-hybridized carbons (Fsp3) is 1.00. The van der Waals surface area contributed by atoms with Gasteiger partial charge in [0.25, 0.3) is 0 Å². The summed E-state index contributed by atoms with van der Waals surface area (Å²) in [6.45, 7) is 1.75. The molecule has 0 aliphatic carbocycles. The number of aliphatic hydroxyl groups is 3. The van der Waals surface area contributed by atoms with E-state index in [2.05, 4.69) is 0 Å². The summed E-state index contributed by atoms with van der Waals surface area (Å²) < 4.78 is 0. The van der Waals surface area contributed by atoms with E-state index in [1.54, 1.807) is 4.90 Å². The Kier molecular flexibility index (Phi) is 70.5. The van der Waals surface area contributed by atoms with E-state index in [0.29, 0.717) is 19.6 Å². The van der Waals surface area contributed by atoms with Crippen LogP contribution in [-0.4, -0.2) is 81.6 Å². The predicted octanol–water partition coefficient (Wildman–Crippen LogP) is -5.04. The van der Waals surface area contributed by atoms with Crippen molar-refractivity contribution in [2.75, 3.05) is 39.5 Å². The van der Waals surface area contributed by atoms with Crippen LogP contribution in [0.3, 0.4) is 0 Å². The third kappa shape index (κ3) is 25.1. The Labute approximate surface area is 104 Å². The molecule has 0 radical (unpaired) electrons. The van der Waals surface area contributed by atoms with Crippen LogP contribution in [0.15, 0.2) is 0 Å². The van der Waals surface area contributed by atoms with Crippen LogP contribution < -0.4 is 0 Å². The van der Waals surface area contributed by atoms with Crippen LogP contribution in [0, 0.1) is 0 Å². The summed E-state index contributed by atoms with van der Waals surface area (Å²) >= 11 is 0. The van der Waals surface area contributed by atoms with Crippen LogP contribution in [0.1, 0.15) is 0 Å². The summed E-state index contributed by atoms with van der Waals surface area (Å²) in [5.74, 6) is 0. The molecule has 0 bridgehead atoms. The Balaban J connectivity index is -0.0000000405. The first kappa shape index (κ1) is 36.1. The van der Waals surface area contributed by atoms with Crippen molar-refractivity contribution >= 4 is 0 Å². The van der Waals surface area contributed by atoms with Crippen molar-refractivity contribution in [3.8, 4) is 0 Å². The molecular formula is C6H23NO7Ti. The quantitative estimate of drug-likeness (QED) is 0.407. The summed E-state index contributed by atoms with van der Waals surface area (Å²) in [7, 11) is 0. The van der Waals surface area contributed by atoms with E-state index in [-0.39, 0.29) is 63.4 Å². The van der Waals surface area contributed by atoms with Gasteiger partial charge in [-0.15, -0.1) is 0 Å². The Morgan fingerprint density at radius 1 is 0.600 bits per heavy atom. The smallest absolute Gasteiger partial charge is 0.0558 e. The molecule has 8 nitrogen and oxygen atoms in total. The Hall–Kier alpha value is 0.394. The summed E-state index contributed by atoms with van der Waals surface area (Å²) in [4.78, 5) is 1.79. The molecule has 0 amide bonds. The Bertz CT molecular complexity index is 66.2. The topological polar surface area (TPSA) is 190 Å². The minimum absolute atomic E-state index is 0. The second-order valence-electron chi connectivity index (χ2n) is 2.01.